The van der Waals surface area contributed by atoms with Crippen molar-refractivity contribution in [2.24, 2.45) is 0 Å². The standard InChI is InChI=1S/C6H9BrO3/c1-4(7)3-10-6(9)5(2)8/h5,8H,1,3H2,2H3/t5-/m0/s1. The van der Waals surface area contributed by atoms with Gasteiger partial charge in [-0.05, 0) is 6.92 Å². The topological polar surface area (TPSA) is 46.5 Å². The van der Waals surface area contributed by atoms with Crippen LogP contribution >= 0.6 is 15.9 Å². The summed E-state index contributed by atoms with van der Waals surface area (Å²) in [4.78, 5) is 10.5. The lowest BCUT2D eigenvalue weighted by atomic mass is 10.4. The SMILES string of the molecule is C=C(Br)COC(=O)[C@H](C)O. The zero-order chi connectivity index (χ0) is 8.15. The Hall–Kier alpha value is -0.350. The molecule has 0 heterocycles. The molecule has 0 bridgehead atoms. The Bertz CT molecular complexity index is 142. The van der Waals surface area contributed by atoms with Gasteiger partial charge in [0, 0.05) is 4.48 Å². The van der Waals surface area contributed by atoms with Crippen molar-refractivity contribution in [3.05, 3.63) is 11.1 Å². The summed E-state index contributed by atoms with van der Waals surface area (Å²) < 4.78 is 5.10. The number of aliphatic hydroxyl groups is 1. The molecule has 0 aliphatic carbocycles. The maximum absolute atomic E-state index is 10.5. The first-order valence-corrected chi connectivity index (χ1v) is 3.51. The average molecular weight is 209 g/mol. The van der Waals surface area contributed by atoms with Crippen molar-refractivity contribution in [1.29, 1.82) is 0 Å². The van der Waals surface area contributed by atoms with E-state index in [2.05, 4.69) is 27.2 Å². The van der Waals surface area contributed by atoms with Gasteiger partial charge in [0.2, 0.25) is 0 Å². The van der Waals surface area contributed by atoms with Crippen LogP contribution in [0.5, 0.6) is 0 Å². The van der Waals surface area contributed by atoms with Gasteiger partial charge in [-0.15, -0.1) is 0 Å². The predicted octanol–water partition coefficient (Wildman–Crippen LogP) is 0.819. The minimum atomic E-state index is -1.06. The molecule has 0 unspecified atom stereocenters. The smallest absolute Gasteiger partial charge is 0.335 e. The van der Waals surface area contributed by atoms with E-state index in [9.17, 15) is 4.79 Å². The highest BCUT2D eigenvalue weighted by Crippen LogP contribution is 2.01. The van der Waals surface area contributed by atoms with E-state index in [1.165, 1.54) is 6.92 Å². The van der Waals surface area contributed by atoms with Gasteiger partial charge in [-0.25, -0.2) is 4.79 Å². The van der Waals surface area contributed by atoms with Crippen molar-refractivity contribution >= 4 is 21.9 Å². The predicted molar refractivity (Wildman–Crippen MR) is 40.7 cm³/mol. The lowest BCUT2D eigenvalue weighted by Crippen LogP contribution is -2.19. The summed E-state index contributed by atoms with van der Waals surface area (Å²) in [5.74, 6) is -0.638. The lowest BCUT2D eigenvalue weighted by molar-refractivity contribution is -0.151. The molecule has 3 nitrogen and oxygen atoms in total. The Morgan fingerprint density at radius 1 is 1.90 bits per heavy atom. The number of hydrogen-bond acceptors (Lipinski definition) is 3. The van der Waals surface area contributed by atoms with Gasteiger partial charge in [-0.3, -0.25) is 0 Å². The molecule has 0 aliphatic rings. The summed E-state index contributed by atoms with van der Waals surface area (Å²) in [5.41, 5.74) is 0. The minimum absolute atomic E-state index is 0.101. The summed E-state index contributed by atoms with van der Waals surface area (Å²) in [6.45, 7) is 4.89. The number of carbonyl (C=O) groups is 1. The molecule has 0 saturated heterocycles. The number of hydrogen-bond donors (Lipinski definition) is 1. The van der Waals surface area contributed by atoms with E-state index in [4.69, 9.17) is 5.11 Å². The van der Waals surface area contributed by atoms with Gasteiger partial charge in [0.05, 0.1) is 0 Å². The Morgan fingerprint density at radius 3 is 2.70 bits per heavy atom. The van der Waals surface area contributed by atoms with E-state index in [0.717, 1.165) is 0 Å². The summed E-state index contributed by atoms with van der Waals surface area (Å²) in [6.07, 6.45) is -1.06. The van der Waals surface area contributed by atoms with Crippen LogP contribution in [-0.4, -0.2) is 23.8 Å². The van der Waals surface area contributed by atoms with Crippen molar-refractivity contribution in [1.82, 2.24) is 0 Å². The second-order valence-corrected chi connectivity index (χ2v) is 2.92. The molecule has 0 amide bonds. The molecule has 0 spiro atoms. The summed E-state index contributed by atoms with van der Waals surface area (Å²) in [7, 11) is 0. The zero-order valence-electron chi connectivity index (χ0n) is 5.63. The van der Waals surface area contributed by atoms with Gasteiger partial charge in [0.25, 0.3) is 0 Å². The van der Waals surface area contributed by atoms with E-state index in [0.29, 0.717) is 4.48 Å². The molecule has 0 fully saturated rings. The molecular formula is C6H9BrO3. The molecule has 0 aromatic rings. The molecule has 0 aromatic carbocycles. The zero-order valence-corrected chi connectivity index (χ0v) is 7.22. The van der Waals surface area contributed by atoms with Crippen LogP contribution in [0.25, 0.3) is 0 Å². The maximum Gasteiger partial charge on any atom is 0.335 e. The molecule has 58 valence electrons. The van der Waals surface area contributed by atoms with Crippen LogP contribution in [0.3, 0.4) is 0 Å². The van der Waals surface area contributed by atoms with Crippen LogP contribution in [0.15, 0.2) is 11.1 Å². The van der Waals surface area contributed by atoms with Gasteiger partial charge in [-0.2, -0.15) is 0 Å². The first-order valence-electron chi connectivity index (χ1n) is 2.72. The number of carbonyl (C=O) groups excluding carboxylic acids is 1. The first-order chi connectivity index (χ1) is 4.54. The van der Waals surface area contributed by atoms with Crippen LogP contribution in [0.1, 0.15) is 6.92 Å². The van der Waals surface area contributed by atoms with Crippen molar-refractivity contribution in [3.8, 4) is 0 Å². The Kier molecular flexibility index (Phi) is 4.31. The quantitative estimate of drug-likeness (QED) is 0.700. The fourth-order valence-electron chi connectivity index (χ4n) is 0.270. The number of esters is 1. The molecular weight excluding hydrogens is 200 g/mol. The highest BCUT2D eigenvalue weighted by molar-refractivity contribution is 9.11. The molecule has 4 heteroatoms. The largest absolute Gasteiger partial charge is 0.458 e. The van der Waals surface area contributed by atoms with Gasteiger partial charge < -0.3 is 9.84 Å². The molecule has 0 aliphatic heterocycles. The van der Waals surface area contributed by atoms with Crippen molar-refractivity contribution in [2.75, 3.05) is 6.61 Å². The van der Waals surface area contributed by atoms with E-state index >= 15 is 0 Å². The van der Waals surface area contributed by atoms with E-state index in [1.807, 2.05) is 0 Å². The molecule has 0 aromatic heterocycles. The third-order valence-corrected chi connectivity index (χ3v) is 0.941. The molecule has 1 N–H and O–H groups in total. The van der Waals surface area contributed by atoms with E-state index < -0.39 is 12.1 Å². The van der Waals surface area contributed by atoms with E-state index in [-0.39, 0.29) is 6.61 Å². The summed E-state index contributed by atoms with van der Waals surface area (Å²) >= 11 is 3.00. The Balaban J connectivity index is 3.50. The number of halogens is 1. The van der Waals surface area contributed by atoms with Crippen LogP contribution in [-0.2, 0) is 9.53 Å². The molecule has 1 atom stereocenters. The van der Waals surface area contributed by atoms with Gasteiger partial charge >= 0.3 is 5.97 Å². The van der Waals surface area contributed by atoms with Crippen molar-refractivity contribution in [3.63, 3.8) is 0 Å². The summed E-state index contributed by atoms with van der Waals surface area (Å²) in [6, 6.07) is 0. The molecule has 0 saturated carbocycles. The fraction of sp³-hybridized carbons (Fsp3) is 0.500. The molecule has 0 radical (unpaired) electrons. The van der Waals surface area contributed by atoms with Crippen LogP contribution in [0.4, 0.5) is 0 Å². The maximum atomic E-state index is 10.5. The highest BCUT2D eigenvalue weighted by atomic mass is 79.9. The van der Waals surface area contributed by atoms with Gasteiger partial charge in [-0.1, -0.05) is 22.5 Å². The second kappa shape index (κ2) is 4.46. The fourth-order valence-corrected chi connectivity index (χ4v) is 0.384. The Labute approximate surface area is 67.8 Å². The average Bonchev–Trinajstić information content (AvgIpc) is 1.82. The first kappa shape index (κ1) is 9.65. The van der Waals surface area contributed by atoms with Crippen LogP contribution < -0.4 is 0 Å². The van der Waals surface area contributed by atoms with Gasteiger partial charge in [0.1, 0.15) is 12.7 Å². The third-order valence-electron chi connectivity index (χ3n) is 0.712. The van der Waals surface area contributed by atoms with Crippen LogP contribution in [0, 0.1) is 0 Å². The van der Waals surface area contributed by atoms with E-state index in [1.54, 1.807) is 0 Å². The Morgan fingerprint density at radius 2 is 2.40 bits per heavy atom. The van der Waals surface area contributed by atoms with Crippen molar-refractivity contribution < 1.29 is 14.6 Å². The minimum Gasteiger partial charge on any atom is -0.458 e. The third kappa shape index (κ3) is 4.52. The normalized spacial score (nSPS) is 12.3. The molecule has 10 heavy (non-hydrogen) atoms. The lowest BCUT2D eigenvalue weighted by Gasteiger charge is -2.03. The number of ether oxygens (including phenoxy) is 1. The van der Waals surface area contributed by atoms with Crippen LogP contribution in [0.2, 0.25) is 0 Å². The van der Waals surface area contributed by atoms with Crippen molar-refractivity contribution in [2.45, 2.75) is 13.0 Å². The monoisotopic (exact) mass is 208 g/mol. The molecule has 0 rings (SSSR count). The highest BCUT2D eigenvalue weighted by Gasteiger charge is 2.09. The van der Waals surface area contributed by atoms with Gasteiger partial charge in [0.15, 0.2) is 0 Å². The number of aliphatic hydroxyl groups excluding tert-OH is 1. The summed E-state index contributed by atoms with van der Waals surface area (Å²) in [5, 5.41) is 8.61. The second-order valence-electron chi connectivity index (χ2n) is 1.80. The number of rotatable bonds is 3.